The van der Waals surface area contributed by atoms with E-state index in [0.717, 1.165) is 32.7 Å². The van der Waals surface area contributed by atoms with Crippen LogP contribution in [0.25, 0.3) is 27.9 Å². The molecule has 1 amide bonds. The van der Waals surface area contributed by atoms with Crippen LogP contribution in [0.5, 0.6) is 0 Å². The third kappa shape index (κ3) is 5.21. The van der Waals surface area contributed by atoms with Crippen molar-refractivity contribution in [3.63, 3.8) is 0 Å². The van der Waals surface area contributed by atoms with Crippen LogP contribution in [0.3, 0.4) is 0 Å². The Morgan fingerprint density at radius 2 is 1.68 bits per heavy atom. The van der Waals surface area contributed by atoms with Crippen LogP contribution in [0.1, 0.15) is 21.7 Å². The summed E-state index contributed by atoms with van der Waals surface area (Å²) in [6.45, 7) is 0.823. The lowest BCUT2D eigenvalue weighted by molar-refractivity contribution is 0.0923. The first-order valence-electron chi connectivity index (χ1n) is 12.4. The molecule has 0 spiro atoms. The first kappa shape index (κ1) is 25.8. The van der Waals surface area contributed by atoms with Crippen molar-refractivity contribution in [2.24, 2.45) is 0 Å². The van der Waals surface area contributed by atoms with Gasteiger partial charge in [0.1, 0.15) is 11.4 Å². The number of amides is 1. The SMILES string of the molecule is O=C(NCc1ccc(CNc2cc(-c3ccccc3Cl)nc3c(Br)cnn23)cc1)c1cc(=O)c2ccccc2o1. The zero-order valence-electron chi connectivity index (χ0n) is 20.9. The number of halogens is 2. The lowest BCUT2D eigenvalue weighted by Crippen LogP contribution is -2.24. The maximum absolute atomic E-state index is 12.6. The van der Waals surface area contributed by atoms with Crippen molar-refractivity contribution in [2.75, 3.05) is 5.32 Å². The van der Waals surface area contributed by atoms with Crippen LogP contribution in [0, 0.1) is 0 Å². The Balaban J connectivity index is 1.14. The Morgan fingerprint density at radius 3 is 2.48 bits per heavy atom. The molecule has 0 unspecified atom stereocenters. The smallest absolute Gasteiger partial charge is 0.287 e. The van der Waals surface area contributed by atoms with E-state index in [-0.39, 0.29) is 17.7 Å². The van der Waals surface area contributed by atoms with Gasteiger partial charge in [0.15, 0.2) is 16.8 Å². The summed E-state index contributed by atoms with van der Waals surface area (Å²) in [4.78, 5) is 29.7. The number of rotatable bonds is 7. The zero-order chi connectivity index (χ0) is 27.6. The molecular formula is C30H21BrClN5O3. The second kappa shape index (κ2) is 11.0. The van der Waals surface area contributed by atoms with E-state index in [1.807, 2.05) is 54.6 Å². The van der Waals surface area contributed by atoms with Gasteiger partial charge in [0.05, 0.1) is 21.7 Å². The Bertz CT molecular complexity index is 1930. The predicted octanol–water partition coefficient (Wildman–Crippen LogP) is 6.46. The fourth-order valence-electron chi connectivity index (χ4n) is 4.32. The molecule has 3 aromatic heterocycles. The molecule has 3 heterocycles. The van der Waals surface area contributed by atoms with E-state index >= 15 is 0 Å². The molecule has 40 heavy (non-hydrogen) atoms. The molecule has 2 N–H and O–H groups in total. The van der Waals surface area contributed by atoms with Crippen LogP contribution < -0.4 is 16.1 Å². The number of hydrogen-bond donors (Lipinski definition) is 2. The first-order valence-corrected chi connectivity index (χ1v) is 13.6. The molecule has 8 nitrogen and oxygen atoms in total. The minimum atomic E-state index is -0.449. The van der Waals surface area contributed by atoms with Gasteiger partial charge in [-0.15, -0.1) is 0 Å². The quantitative estimate of drug-likeness (QED) is 0.214. The summed E-state index contributed by atoms with van der Waals surface area (Å²) in [7, 11) is 0. The average molecular weight is 615 g/mol. The van der Waals surface area contributed by atoms with Crippen molar-refractivity contribution >= 4 is 55.9 Å². The van der Waals surface area contributed by atoms with Crippen LogP contribution in [0.2, 0.25) is 5.02 Å². The van der Waals surface area contributed by atoms with Crippen molar-refractivity contribution in [3.05, 3.63) is 128 Å². The number of anilines is 1. The molecule has 0 bridgehead atoms. The number of hydrogen-bond acceptors (Lipinski definition) is 6. The van der Waals surface area contributed by atoms with Crippen LogP contribution in [-0.2, 0) is 13.1 Å². The van der Waals surface area contributed by atoms with Gasteiger partial charge in [0, 0.05) is 35.8 Å². The monoisotopic (exact) mass is 613 g/mol. The minimum absolute atomic E-state index is 0.0189. The third-order valence-electron chi connectivity index (χ3n) is 6.39. The highest BCUT2D eigenvalue weighted by atomic mass is 79.9. The molecule has 0 radical (unpaired) electrons. The summed E-state index contributed by atoms with van der Waals surface area (Å²) >= 11 is 9.96. The highest BCUT2D eigenvalue weighted by Crippen LogP contribution is 2.30. The van der Waals surface area contributed by atoms with Crippen LogP contribution in [-0.4, -0.2) is 20.5 Å². The molecule has 3 aromatic carbocycles. The average Bonchev–Trinajstić information content (AvgIpc) is 3.36. The molecule has 0 fully saturated rings. The van der Waals surface area contributed by atoms with Crippen molar-refractivity contribution in [1.82, 2.24) is 19.9 Å². The van der Waals surface area contributed by atoms with E-state index in [1.165, 1.54) is 6.07 Å². The van der Waals surface area contributed by atoms with Gasteiger partial charge >= 0.3 is 0 Å². The van der Waals surface area contributed by atoms with E-state index in [9.17, 15) is 9.59 Å². The van der Waals surface area contributed by atoms with Gasteiger partial charge in [0.25, 0.3) is 5.91 Å². The summed E-state index contributed by atoms with van der Waals surface area (Å²) in [6.07, 6.45) is 1.70. The predicted molar refractivity (Wildman–Crippen MR) is 159 cm³/mol. The topological polar surface area (TPSA) is 102 Å². The highest BCUT2D eigenvalue weighted by molar-refractivity contribution is 9.10. The fourth-order valence-corrected chi connectivity index (χ4v) is 4.90. The number of carbonyl (C=O) groups is 1. The number of nitrogens with zero attached hydrogens (tertiary/aromatic N) is 3. The Labute approximate surface area is 241 Å². The maximum atomic E-state index is 12.6. The minimum Gasteiger partial charge on any atom is -0.451 e. The molecule has 0 saturated carbocycles. The van der Waals surface area contributed by atoms with Crippen molar-refractivity contribution in [3.8, 4) is 11.3 Å². The number of fused-ring (bicyclic) bond motifs is 2. The molecule has 0 atom stereocenters. The van der Waals surface area contributed by atoms with E-state index in [1.54, 1.807) is 35.0 Å². The number of benzene rings is 3. The molecule has 0 aliphatic carbocycles. The summed E-state index contributed by atoms with van der Waals surface area (Å²) in [6, 6.07) is 25.4. The van der Waals surface area contributed by atoms with E-state index < -0.39 is 5.91 Å². The van der Waals surface area contributed by atoms with Gasteiger partial charge in [-0.05, 0) is 45.3 Å². The zero-order valence-corrected chi connectivity index (χ0v) is 23.2. The molecule has 0 saturated heterocycles. The molecule has 6 aromatic rings. The second-order valence-corrected chi connectivity index (χ2v) is 10.3. The fraction of sp³-hybridized carbons (Fsp3) is 0.0667. The molecular weight excluding hydrogens is 594 g/mol. The van der Waals surface area contributed by atoms with Crippen molar-refractivity contribution in [2.45, 2.75) is 13.1 Å². The molecule has 6 rings (SSSR count). The van der Waals surface area contributed by atoms with Crippen LogP contribution >= 0.6 is 27.5 Å². The van der Waals surface area contributed by atoms with E-state index in [0.29, 0.717) is 28.2 Å². The van der Waals surface area contributed by atoms with Gasteiger partial charge in [-0.2, -0.15) is 9.61 Å². The first-order chi connectivity index (χ1) is 19.5. The van der Waals surface area contributed by atoms with Gasteiger partial charge in [0.2, 0.25) is 0 Å². The van der Waals surface area contributed by atoms with Gasteiger partial charge in [-0.1, -0.05) is 66.2 Å². The largest absolute Gasteiger partial charge is 0.451 e. The van der Waals surface area contributed by atoms with Crippen LogP contribution in [0.15, 0.2) is 105 Å². The Hall–Kier alpha value is -4.47. The summed E-state index contributed by atoms with van der Waals surface area (Å²) in [5.74, 6) is 0.295. The Morgan fingerprint density at radius 1 is 0.950 bits per heavy atom. The van der Waals surface area contributed by atoms with Crippen molar-refractivity contribution in [1.29, 1.82) is 0 Å². The lowest BCUT2D eigenvalue weighted by atomic mass is 10.1. The highest BCUT2D eigenvalue weighted by Gasteiger charge is 2.14. The number of carbonyl (C=O) groups excluding carboxylic acids is 1. The summed E-state index contributed by atoms with van der Waals surface area (Å²) < 4.78 is 8.13. The third-order valence-corrected chi connectivity index (χ3v) is 7.28. The van der Waals surface area contributed by atoms with Crippen molar-refractivity contribution < 1.29 is 9.21 Å². The van der Waals surface area contributed by atoms with Crippen LogP contribution in [0.4, 0.5) is 5.82 Å². The summed E-state index contributed by atoms with van der Waals surface area (Å²) in [5, 5.41) is 11.7. The van der Waals surface area contributed by atoms with Gasteiger partial charge in [-0.25, -0.2) is 4.98 Å². The second-order valence-electron chi connectivity index (χ2n) is 9.06. The standard InChI is InChI=1S/C30H21BrClN5O3/c31-22-17-35-37-28(13-24(36-29(22)37)20-5-1-3-7-23(20)32)33-15-18-9-11-19(12-10-18)16-34-30(39)27-14-25(38)21-6-2-4-8-26(21)40-27/h1-14,17,33H,15-16H2,(H,34,39). The molecule has 0 aliphatic rings. The Kier molecular flexibility index (Phi) is 7.06. The summed E-state index contributed by atoms with van der Waals surface area (Å²) in [5.41, 5.74) is 4.30. The van der Waals surface area contributed by atoms with E-state index in [4.69, 9.17) is 21.0 Å². The number of para-hydroxylation sites is 1. The normalized spacial score (nSPS) is 11.2. The molecule has 198 valence electrons. The molecule has 10 heteroatoms. The van der Waals surface area contributed by atoms with Gasteiger partial charge < -0.3 is 15.1 Å². The lowest BCUT2D eigenvalue weighted by Gasteiger charge is -2.12. The van der Waals surface area contributed by atoms with E-state index in [2.05, 4.69) is 31.7 Å². The number of aromatic nitrogens is 3. The van der Waals surface area contributed by atoms with Gasteiger partial charge in [-0.3, -0.25) is 9.59 Å². The molecule has 0 aliphatic heterocycles. The maximum Gasteiger partial charge on any atom is 0.287 e. The number of nitrogens with one attached hydrogen (secondary N) is 2.